The van der Waals surface area contributed by atoms with Gasteiger partial charge in [0.15, 0.2) is 5.82 Å². The predicted molar refractivity (Wildman–Crippen MR) is 123 cm³/mol. The fourth-order valence-electron chi connectivity index (χ4n) is 4.74. The lowest BCUT2D eigenvalue weighted by Gasteiger charge is -2.38. The van der Waals surface area contributed by atoms with E-state index in [1.165, 1.54) is 12.1 Å². The number of fused-ring (bicyclic) bond motifs is 2. The number of ether oxygens (including phenoxy) is 1. The third kappa shape index (κ3) is 3.60. The van der Waals surface area contributed by atoms with Gasteiger partial charge in [0.05, 0.1) is 23.3 Å². The second kappa shape index (κ2) is 8.53. The van der Waals surface area contributed by atoms with Crippen LogP contribution in [0.25, 0.3) is 10.9 Å². The smallest absolute Gasteiger partial charge is 0.435 e. The van der Waals surface area contributed by atoms with Gasteiger partial charge in [-0.3, -0.25) is 19.8 Å². The minimum Gasteiger partial charge on any atom is -0.448 e. The summed E-state index contributed by atoms with van der Waals surface area (Å²) in [6.45, 7) is 6.51. The molecule has 0 bridgehead atoms. The van der Waals surface area contributed by atoms with E-state index in [1.54, 1.807) is 25.1 Å². The van der Waals surface area contributed by atoms with Crippen molar-refractivity contribution in [1.29, 1.82) is 0 Å². The van der Waals surface area contributed by atoms with Crippen molar-refractivity contribution in [3.8, 4) is 0 Å². The van der Waals surface area contributed by atoms with Crippen LogP contribution < -0.4 is 10.2 Å². The molecule has 3 heterocycles. The SMILES string of the molecule is CCOC(=O)n1nc(N2CCN(C(C)c3cccc4c3C(=O)NC4=O)CC2)c2ccc(F)cc21. The monoisotopic (exact) mass is 465 g/mol. The van der Waals surface area contributed by atoms with Gasteiger partial charge in [0, 0.05) is 43.7 Å². The first-order valence-electron chi connectivity index (χ1n) is 11.2. The van der Waals surface area contributed by atoms with Gasteiger partial charge in [0.25, 0.3) is 11.8 Å². The van der Waals surface area contributed by atoms with Gasteiger partial charge >= 0.3 is 6.09 Å². The van der Waals surface area contributed by atoms with E-state index >= 15 is 0 Å². The van der Waals surface area contributed by atoms with Gasteiger partial charge < -0.3 is 9.64 Å². The maximum atomic E-state index is 13.9. The molecule has 34 heavy (non-hydrogen) atoms. The molecule has 2 amide bonds. The van der Waals surface area contributed by atoms with Gasteiger partial charge in [-0.15, -0.1) is 5.10 Å². The first-order valence-corrected chi connectivity index (χ1v) is 11.2. The summed E-state index contributed by atoms with van der Waals surface area (Å²) >= 11 is 0. The Balaban J connectivity index is 1.38. The van der Waals surface area contributed by atoms with Gasteiger partial charge in [-0.25, -0.2) is 9.18 Å². The average molecular weight is 465 g/mol. The van der Waals surface area contributed by atoms with E-state index in [0.717, 1.165) is 10.2 Å². The first-order chi connectivity index (χ1) is 16.4. The van der Waals surface area contributed by atoms with Crippen LogP contribution in [-0.4, -0.2) is 65.4 Å². The molecule has 9 nitrogen and oxygen atoms in total. The number of benzene rings is 2. The van der Waals surface area contributed by atoms with Gasteiger partial charge in [0.2, 0.25) is 0 Å². The van der Waals surface area contributed by atoms with Crippen molar-refractivity contribution in [2.45, 2.75) is 19.9 Å². The standard InChI is InChI=1S/C24H24FN5O4/c1-3-34-24(33)30-19-13-15(25)7-8-17(19)21(27-30)29-11-9-28(10-12-29)14(2)16-5-4-6-18-20(16)23(32)26-22(18)31/h4-8,13-14H,3,9-12H2,1-2H3,(H,26,31,32). The second-order valence-corrected chi connectivity index (χ2v) is 8.35. The maximum Gasteiger partial charge on any atom is 0.435 e. The Hall–Kier alpha value is -3.79. The van der Waals surface area contributed by atoms with Crippen LogP contribution >= 0.6 is 0 Å². The number of hydrogen-bond acceptors (Lipinski definition) is 7. The predicted octanol–water partition coefficient (Wildman–Crippen LogP) is 2.95. The highest BCUT2D eigenvalue weighted by Gasteiger charge is 2.33. The van der Waals surface area contributed by atoms with E-state index in [0.29, 0.717) is 54.0 Å². The minimum absolute atomic E-state index is 0.0725. The molecule has 176 valence electrons. The Kier molecular flexibility index (Phi) is 5.52. The van der Waals surface area contributed by atoms with Crippen LogP contribution in [-0.2, 0) is 4.74 Å². The summed E-state index contributed by atoms with van der Waals surface area (Å²) in [6, 6.07) is 9.53. The van der Waals surface area contributed by atoms with Crippen LogP contribution in [0.5, 0.6) is 0 Å². The zero-order valence-corrected chi connectivity index (χ0v) is 18.9. The second-order valence-electron chi connectivity index (χ2n) is 8.35. The van der Waals surface area contributed by atoms with Gasteiger partial charge in [0.1, 0.15) is 5.82 Å². The lowest BCUT2D eigenvalue weighted by Crippen LogP contribution is -2.47. The van der Waals surface area contributed by atoms with E-state index in [2.05, 4.69) is 20.2 Å². The summed E-state index contributed by atoms with van der Waals surface area (Å²) in [4.78, 5) is 41.1. The van der Waals surface area contributed by atoms with Crippen LogP contribution in [0, 0.1) is 5.82 Å². The summed E-state index contributed by atoms with van der Waals surface area (Å²) in [5.41, 5.74) is 2.04. The minimum atomic E-state index is -0.651. The largest absolute Gasteiger partial charge is 0.448 e. The first kappa shape index (κ1) is 22.0. The summed E-state index contributed by atoms with van der Waals surface area (Å²) in [5, 5.41) is 7.50. The zero-order chi connectivity index (χ0) is 24.0. The summed E-state index contributed by atoms with van der Waals surface area (Å²) in [7, 11) is 0. The number of aromatic nitrogens is 2. The molecule has 0 aliphatic carbocycles. The average Bonchev–Trinajstić information content (AvgIpc) is 3.35. The number of amides is 2. The molecule has 10 heteroatoms. The number of carbonyl (C=O) groups is 3. The summed E-state index contributed by atoms with van der Waals surface area (Å²) < 4.78 is 20.1. The number of halogens is 1. The number of piperazine rings is 1. The molecule has 1 atom stereocenters. The van der Waals surface area contributed by atoms with Crippen LogP contribution in [0.2, 0.25) is 0 Å². The molecule has 1 aromatic heterocycles. The van der Waals surface area contributed by atoms with E-state index in [-0.39, 0.29) is 24.5 Å². The third-order valence-corrected chi connectivity index (χ3v) is 6.47. The number of nitrogens with zero attached hydrogens (tertiary/aromatic N) is 4. The van der Waals surface area contributed by atoms with Crippen molar-refractivity contribution in [2.75, 3.05) is 37.7 Å². The highest BCUT2D eigenvalue weighted by atomic mass is 19.1. The third-order valence-electron chi connectivity index (χ3n) is 6.47. The zero-order valence-electron chi connectivity index (χ0n) is 18.9. The molecule has 3 aromatic rings. The fraction of sp³-hybridized carbons (Fsp3) is 0.333. The van der Waals surface area contributed by atoms with E-state index in [9.17, 15) is 18.8 Å². The Labute approximate surface area is 195 Å². The quantitative estimate of drug-likeness (QED) is 0.592. The summed E-state index contributed by atoms with van der Waals surface area (Å²) in [6.07, 6.45) is -0.651. The Morgan fingerprint density at radius 1 is 1.15 bits per heavy atom. The molecule has 0 spiro atoms. The van der Waals surface area contributed by atoms with Crippen LogP contribution in [0.4, 0.5) is 15.0 Å². The molecular weight excluding hydrogens is 441 g/mol. The molecule has 0 radical (unpaired) electrons. The van der Waals surface area contributed by atoms with E-state index in [4.69, 9.17) is 4.74 Å². The van der Waals surface area contributed by atoms with Crippen molar-refractivity contribution in [1.82, 2.24) is 20.0 Å². The fourth-order valence-corrected chi connectivity index (χ4v) is 4.74. The van der Waals surface area contributed by atoms with Gasteiger partial charge in [-0.2, -0.15) is 4.68 Å². The lowest BCUT2D eigenvalue weighted by molar-refractivity contribution is 0.0878. The number of imide groups is 1. The molecule has 1 fully saturated rings. The molecular formula is C24H24FN5O4. The van der Waals surface area contributed by atoms with Crippen molar-refractivity contribution in [3.05, 3.63) is 58.9 Å². The number of rotatable bonds is 4. The molecule has 1 saturated heterocycles. The van der Waals surface area contributed by atoms with Crippen LogP contribution in [0.3, 0.4) is 0 Å². The Morgan fingerprint density at radius 3 is 2.65 bits per heavy atom. The lowest BCUT2D eigenvalue weighted by atomic mass is 9.96. The topological polar surface area (TPSA) is 96.8 Å². The number of carbonyl (C=O) groups excluding carboxylic acids is 3. The maximum absolute atomic E-state index is 13.9. The van der Waals surface area contributed by atoms with E-state index in [1.807, 2.05) is 13.0 Å². The van der Waals surface area contributed by atoms with Crippen molar-refractivity contribution >= 4 is 34.6 Å². The normalized spacial score (nSPS) is 17.1. The molecule has 2 aliphatic heterocycles. The van der Waals surface area contributed by atoms with Gasteiger partial charge in [-0.05, 0) is 37.6 Å². The Morgan fingerprint density at radius 2 is 1.91 bits per heavy atom. The van der Waals surface area contributed by atoms with E-state index < -0.39 is 11.9 Å². The Bertz CT molecular complexity index is 1310. The molecule has 5 rings (SSSR count). The summed E-state index contributed by atoms with van der Waals surface area (Å²) in [5.74, 6) is -0.578. The number of anilines is 1. The van der Waals surface area contributed by atoms with Crippen LogP contribution in [0.15, 0.2) is 36.4 Å². The van der Waals surface area contributed by atoms with Crippen LogP contribution in [0.1, 0.15) is 46.2 Å². The number of nitrogens with one attached hydrogen (secondary N) is 1. The highest BCUT2D eigenvalue weighted by Crippen LogP contribution is 2.32. The van der Waals surface area contributed by atoms with Crippen molar-refractivity contribution in [2.24, 2.45) is 0 Å². The molecule has 2 aliphatic rings. The molecule has 1 unspecified atom stereocenters. The van der Waals surface area contributed by atoms with Crippen molar-refractivity contribution in [3.63, 3.8) is 0 Å². The van der Waals surface area contributed by atoms with Gasteiger partial charge in [-0.1, -0.05) is 12.1 Å². The molecule has 0 saturated carbocycles. The van der Waals surface area contributed by atoms with Crippen molar-refractivity contribution < 1.29 is 23.5 Å². The number of hydrogen-bond donors (Lipinski definition) is 1. The molecule has 2 aromatic carbocycles. The highest BCUT2D eigenvalue weighted by molar-refractivity contribution is 6.22. The molecule has 1 N–H and O–H groups in total.